The smallest absolute Gasteiger partial charge is 0.123 e. The molecule has 0 saturated carbocycles. The van der Waals surface area contributed by atoms with Gasteiger partial charge in [0.15, 0.2) is 0 Å². The molecule has 0 aliphatic carbocycles. The Hall–Kier alpha value is -7.88. The third-order valence-electron chi connectivity index (χ3n) is 12.0. The summed E-state index contributed by atoms with van der Waals surface area (Å²) in [5, 5.41) is 9.79. The van der Waals surface area contributed by atoms with E-state index in [4.69, 9.17) is 0 Å². The van der Waals surface area contributed by atoms with Gasteiger partial charge in [0.1, 0.15) is 11.6 Å². The second-order valence-corrected chi connectivity index (χ2v) is 15.5. The summed E-state index contributed by atoms with van der Waals surface area (Å²) in [4.78, 5) is 1.99. The van der Waals surface area contributed by atoms with Crippen molar-refractivity contribution >= 4 is 60.2 Å². The lowest BCUT2D eigenvalue weighted by Gasteiger charge is -2.25. The van der Waals surface area contributed by atoms with Crippen molar-refractivity contribution in [3.8, 4) is 44.5 Å². The van der Waals surface area contributed by atoms with Crippen molar-refractivity contribution in [2.75, 3.05) is 4.90 Å². The maximum absolute atomic E-state index is 13.9. The molecular weight excluding hydrogens is 749 g/mol. The summed E-state index contributed by atoms with van der Waals surface area (Å²) in [6.45, 7) is 0. The van der Waals surface area contributed by atoms with Crippen LogP contribution in [0.3, 0.4) is 0 Å². The quantitative estimate of drug-likeness (QED) is 0.146. The molecule has 3 heteroatoms. The van der Waals surface area contributed by atoms with Gasteiger partial charge >= 0.3 is 0 Å². The van der Waals surface area contributed by atoms with Crippen LogP contribution in [0.1, 0.15) is 0 Å². The van der Waals surface area contributed by atoms with Gasteiger partial charge in [-0.2, -0.15) is 0 Å². The summed E-state index contributed by atoms with van der Waals surface area (Å²) in [5.41, 5.74) is 11.8. The average molecular weight is 786 g/mol. The van der Waals surface area contributed by atoms with Crippen LogP contribution < -0.4 is 4.90 Å². The maximum atomic E-state index is 13.9. The molecule has 0 heterocycles. The van der Waals surface area contributed by atoms with E-state index in [0.29, 0.717) is 0 Å². The minimum absolute atomic E-state index is 0.310. The monoisotopic (exact) mass is 785 g/mol. The van der Waals surface area contributed by atoms with Crippen LogP contribution in [0, 0.1) is 11.6 Å². The average Bonchev–Trinajstić information content (AvgIpc) is 3.32. The summed E-state index contributed by atoms with van der Waals surface area (Å²) >= 11 is 0. The molecule has 0 aliphatic rings. The van der Waals surface area contributed by atoms with Crippen LogP contribution in [-0.2, 0) is 0 Å². The predicted molar refractivity (Wildman–Crippen MR) is 253 cm³/mol. The van der Waals surface area contributed by atoms with Gasteiger partial charge in [-0.25, -0.2) is 8.78 Å². The minimum atomic E-state index is -0.310. The standard InChI is InChI=1S/C58H37F2N/c59-44-26-32-47(33-27-44)61(48-34-28-45(60)29-35-48)46-30-23-39(24-31-46)38-19-21-40(22-20-38)43-25-36-55-56(37-43)58(52-18-8-12-42-10-2-4-14-50(42)52)54-16-6-5-15-53(54)57(55)51-17-7-11-41-9-1-3-13-49(41)51/h1-37H. The van der Waals surface area contributed by atoms with Gasteiger partial charge in [0, 0.05) is 17.1 Å². The Morgan fingerprint density at radius 1 is 0.262 bits per heavy atom. The summed E-state index contributed by atoms with van der Waals surface area (Å²) in [6, 6.07) is 76.2. The second-order valence-electron chi connectivity index (χ2n) is 15.5. The fourth-order valence-corrected chi connectivity index (χ4v) is 9.11. The van der Waals surface area contributed by atoms with Gasteiger partial charge in [0.05, 0.1) is 0 Å². The molecule has 0 amide bonds. The Morgan fingerprint density at radius 2 is 0.607 bits per heavy atom. The normalized spacial score (nSPS) is 11.4. The van der Waals surface area contributed by atoms with Crippen molar-refractivity contribution in [3.63, 3.8) is 0 Å². The van der Waals surface area contributed by atoms with Gasteiger partial charge in [0.25, 0.3) is 0 Å². The first-order valence-electron chi connectivity index (χ1n) is 20.5. The van der Waals surface area contributed by atoms with Gasteiger partial charge in [-0.1, -0.05) is 158 Å². The van der Waals surface area contributed by atoms with Crippen molar-refractivity contribution in [3.05, 3.63) is 236 Å². The highest BCUT2D eigenvalue weighted by molar-refractivity contribution is 6.25. The zero-order valence-corrected chi connectivity index (χ0v) is 33.1. The fourth-order valence-electron chi connectivity index (χ4n) is 9.11. The molecular formula is C58H37F2N. The Kier molecular flexibility index (Phi) is 8.94. The molecule has 1 nitrogen and oxygen atoms in total. The van der Waals surface area contributed by atoms with E-state index >= 15 is 0 Å². The molecule has 0 N–H and O–H groups in total. The van der Waals surface area contributed by atoms with Crippen molar-refractivity contribution < 1.29 is 8.78 Å². The molecule has 0 spiro atoms. The van der Waals surface area contributed by atoms with Crippen LogP contribution in [0.15, 0.2) is 224 Å². The summed E-state index contributed by atoms with van der Waals surface area (Å²) in [5.74, 6) is -0.621. The van der Waals surface area contributed by atoms with E-state index in [9.17, 15) is 8.78 Å². The summed E-state index contributed by atoms with van der Waals surface area (Å²) in [6.07, 6.45) is 0. The molecule has 0 aromatic heterocycles. The maximum Gasteiger partial charge on any atom is 0.123 e. The Morgan fingerprint density at radius 3 is 1.10 bits per heavy atom. The molecule has 0 radical (unpaired) electrons. The van der Waals surface area contributed by atoms with Gasteiger partial charge < -0.3 is 4.90 Å². The third-order valence-corrected chi connectivity index (χ3v) is 12.0. The molecule has 0 unspecified atom stereocenters. The molecule has 11 aromatic rings. The van der Waals surface area contributed by atoms with Crippen molar-refractivity contribution in [2.45, 2.75) is 0 Å². The van der Waals surface area contributed by atoms with Crippen molar-refractivity contribution in [2.24, 2.45) is 0 Å². The van der Waals surface area contributed by atoms with E-state index in [0.717, 1.165) is 39.3 Å². The molecule has 0 atom stereocenters. The first kappa shape index (κ1) is 36.2. The zero-order valence-electron chi connectivity index (χ0n) is 33.1. The lowest BCUT2D eigenvalue weighted by atomic mass is 9.83. The highest BCUT2D eigenvalue weighted by Gasteiger charge is 2.20. The van der Waals surface area contributed by atoms with Gasteiger partial charge in [-0.05, 0) is 154 Å². The second kappa shape index (κ2) is 15.1. The lowest BCUT2D eigenvalue weighted by Crippen LogP contribution is -2.09. The van der Waals surface area contributed by atoms with Crippen LogP contribution in [0.2, 0.25) is 0 Å². The van der Waals surface area contributed by atoms with E-state index in [1.165, 1.54) is 89.6 Å². The van der Waals surface area contributed by atoms with Crippen LogP contribution in [0.25, 0.3) is 87.6 Å². The molecule has 0 aliphatic heterocycles. The predicted octanol–water partition coefficient (Wildman–Crippen LogP) is 16.7. The third kappa shape index (κ3) is 6.48. The number of rotatable bonds is 7. The number of anilines is 3. The Bertz CT molecular complexity index is 3350. The fraction of sp³-hybridized carbons (Fsp3) is 0. The zero-order chi connectivity index (χ0) is 40.9. The molecule has 11 aromatic carbocycles. The Balaban J connectivity index is 1.03. The van der Waals surface area contributed by atoms with Gasteiger partial charge in [-0.15, -0.1) is 0 Å². The number of hydrogen-bond acceptors (Lipinski definition) is 1. The lowest BCUT2D eigenvalue weighted by molar-refractivity contribution is 0.628. The van der Waals surface area contributed by atoms with Gasteiger partial charge in [-0.3, -0.25) is 0 Å². The highest BCUT2D eigenvalue weighted by atomic mass is 19.1. The Labute approximate surface area is 353 Å². The first-order chi connectivity index (χ1) is 30.1. The number of halogens is 2. The number of hydrogen-bond donors (Lipinski definition) is 0. The van der Waals surface area contributed by atoms with E-state index in [1.807, 2.05) is 17.0 Å². The topological polar surface area (TPSA) is 3.24 Å². The van der Waals surface area contributed by atoms with Crippen LogP contribution in [-0.4, -0.2) is 0 Å². The van der Waals surface area contributed by atoms with E-state index < -0.39 is 0 Å². The summed E-state index contributed by atoms with van der Waals surface area (Å²) < 4.78 is 27.8. The largest absolute Gasteiger partial charge is 0.310 e. The van der Waals surface area contributed by atoms with Crippen molar-refractivity contribution in [1.82, 2.24) is 0 Å². The van der Waals surface area contributed by atoms with E-state index in [1.54, 1.807) is 24.3 Å². The molecule has 11 rings (SSSR count). The molecule has 61 heavy (non-hydrogen) atoms. The van der Waals surface area contributed by atoms with E-state index in [2.05, 4.69) is 164 Å². The number of fused-ring (bicyclic) bond motifs is 4. The van der Waals surface area contributed by atoms with E-state index in [-0.39, 0.29) is 11.6 Å². The number of benzene rings is 11. The summed E-state index contributed by atoms with van der Waals surface area (Å²) in [7, 11) is 0. The molecule has 0 bridgehead atoms. The van der Waals surface area contributed by atoms with Crippen LogP contribution >= 0.6 is 0 Å². The molecule has 0 saturated heterocycles. The van der Waals surface area contributed by atoms with Gasteiger partial charge in [0.2, 0.25) is 0 Å². The van der Waals surface area contributed by atoms with Crippen molar-refractivity contribution in [1.29, 1.82) is 0 Å². The molecule has 0 fully saturated rings. The minimum Gasteiger partial charge on any atom is -0.310 e. The first-order valence-corrected chi connectivity index (χ1v) is 20.5. The van der Waals surface area contributed by atoms with Crippen LogP contribution in [0.5, 0.6) is 0 Å². The SMILES string of the molecule is Fc1ccc(N(c2ccc(F)cc2)c2ccc(-c3ccc(-c4ccc5c(-c6cccc7ccccc67)c6ccccc6c(-c6cccc7ccccc67)c5c4)cc3)cc2)cc1. The molecule has 288 valence electrons. The number of nitrogens with zero attached hydrogens (tertiary/aromatic N) is 1. The highest BCUT2D eigenvalue weighted by Crippen LogP contribution is 2.47. The van der Waals surface area contributed by atoms with Crippen LogP contribution in [0.4, 0.5) is 25.8 Å².